The second-order valence-corrected chi connectivity index (χ2v) is 7.63. The van der Waals surface area contributed by atoms with Crippen molar-refractivity contribution in [2.75, 3.05) is 29.8 Å². The van der Waals surface area contributed by atoms with Crippen LogP contribution in [0.4, 0.5) is 5.69 Å². The number of rotatable bonds is 7. The third-order valence-corrected chi connectivity index (χ3v) is 5.02. The van der Waals surface area contributed by atoms with Crippen LogP contribution in [0.15, 0.2) is 73.1 Å². The summed E-state index contributed by atoms with van der Waals surface area (Å²) in [4.78, 5) is 11.2. The molecule has 3 aromatic rings. The van der Waals surface area contributed by atoms with Gasteiger partial charge >= 0.3 is 0 Å². The molecule has 0 saturated carbocycles. The Labute approximate surface area is 169 Å². The van der Waals surface area contributed by atoms with Crippen molar-refractivity contribution in [3.63, 3.8) is 0 Å². The summed E-state index contributed by atoms with van der Waals surface area (Å²) in [5, 5.41) is 4.29. The van der Waals surface area contributed by atoms with Crippen LogP contribution in [-0.2, 0) is 0 Å². The highest BCUT2D eigenvalue weighted by molar-refractivity contribution is 7.99. The van der Waals surface area contributed by atoms with E-state index in [4.69, 9.17) is 5.73 Å². The number of ketones is 1. The minimum atomic E-state index is 0.207. The Bertz CT molecular complexity index is 807. The van der Waals surface area contributed by atoms with Crippen molar-refractivity contribution >= 4 is 35.0 Å². The van der Waals surface area contributed by atoms with Gasteiger partial charge in [-0.2, -0.15) is 28.6 Å². The Hall–Kier alpha value is -2.18. The smallest absolute Gasteiger partial charge is 0.172 e. The van der Waals surface area contributed by atoms with Gasteiger partial charge in [0.1, 0.15) is 0 Å². The summed E-state index contributed by atoms with van der Waals surface area (Å²) >= 11 is 3.36. The van der Waals surface area contributed by atoms with E-state index < -0.39 is 0 Å². The van der Waals surface area contributed by atoms with Crippen molar-refractivity contribution in [2.24, 2.45) is 0 Å². The van der Waals surface area contributed by atoms with Crippen molar-refractivity contribution < 1.29 is 4.79 Å². The molecule has 0 saturated heterocycles. The van der Waals surface area contributed by atoms with E-state index in [2.05, 4.69) is 35.6 Å². The minimum Gasteiger partial charge on any atom is -0.396 e. The summed E-state index contributed by atoms with van der Waals surface area (Å²) in [6, 6.07) is 20.0. The Balaban J connectivity index is 0.000000208. The third-order valence-electron chi connectivity index (χ3n) is 3.82. The zero-order chi connectivity index (χ0) is 19.5. The van der Waals surface area contributed by atoms with Crippen LogP contribution in [0, 0.1) is 0 Å². The first-order valence-corrected chi connectivity index (χ1v) is 11.3. The summed E-state index contributed by atoms with van der Waals surface area (Å²) in [7, 11) is 0. The Kier molecular flexibility index (Phi) is 9.01. The fourth-order valence-corrected chi connectivity index (χ4v) is 3.61. The highest BCUT2D eigenvalue weighted by atomic mass is 32.2. The molecule has 6 heteroatoms. The molecule has 0 amide bonds. The number of hydrogen-bond acceptors (Lipinski definition) is 5. The number of thioether (sulfide) groups is 2. The van der Waals surface area contributed by atoms with Gasteiger partial charge in [0.2, 0.25) is 0 Å². The van der Waals surface area contributed by atoms with E-state index >= 15 is 0 Å². The maximum Gasteiger partial charge on any atom is 0.172 e. The lowest BCUT2D eigenvalue weighted by Crippen LogP contribution is -2.13. The lowest BCUT2D eigenvalue weighted by atomic mass is 10.1. The van der Waals surface area contributed by atoms with Gasteiger partial charge in [-0.1, -0.05) is 60.7 Å². The normalized spacial score (nSPS) is 11.3. The van der Waals surface area contributed by atoms with Gasteiger partial charge in [0, 0.05) is 17.5 Å². The van der Waals surface area contributed by atoms with Crippen LogP contribution in [0.3, 0.4) is 0 Å². The molecular weight excluding hydrogens is 374 g/mol. The summed E-state index contributed by atoms with van der Waals surface area (Å²) < 4.78 is 1.93. The van der Waals surface area contributed by atoms with E-state index in [1.807, 2.05) is 65.3 Å². The Morgan fingerprint density at radius 2 is 1.67 bits per heavy atom. The molecule has 3 rings (SSSR count). The van der Waals surface area contributed by atoms with Gasteiger partial charge in [0.25, 0.3) is 0 Å². The van der Waals surface area contributed by atoms with E-state index in [-0.39, 0.29) is 11.8 Å². The van der Waals surface area contributed by atoms with Gasteiger partial charge in [-0.3, -0.25) is 9.48 Å². The van der Waals surface area contributed by atoms with Crippen molar-refractivity contribution in [3.05, 3.63) is 84.2 Å². The Morgan fingerprint density at radius 3 is 2.19 bits per heavy atom. The molecule has 2 N–H and O–H groups in total. The quantitative estimate of drug-likeness (QED) is 0.586. The van der Waals surface area contributed by atoms with Crippen LogP contribution in [-0.4, -0.2) is 39.6 Å². The van der Waals surface area contributed by atoms with Crippen molar-refractivity contribution in [2.45, 2.75) is 6.04 Å². The maximum absolute atomic E-state index is 11.2. The van der Waals surface area contributed by atoms with Crippen molar-refractivity contribution in [1.82, 2.24) is 9.78 Å². The first-order valence-electron chi connectivity index (χ1n) is 8.56. The van der Waals surface area contributed by atoms with Crippen LogP contribution < -0.4 is 5.73 Å². The molecule has 0 fully saturated rings. The van der Waals surface area contributed by atoms with Gasteiger partial charge in [0.05, 0.1) is 23.7 Å². The van der Waals surface area contributed by atoms with E-state index in [9.17, 15) is 4.79 Å². The van der Waals surface area contributed by atoms with Crippen molar-refractivity contribution in [3.8, 4) is 0 Å². The molecule has 27 heavy (non-hydrogen) atoms. The molecule has 0 bridgehead atoms. The molecule has 1 aromatic heterocycles. The number of nitrogen functional groups attached to an aromatic ring is 1. The molecule has 1 heterocycles. The van der Waals surface area contributed by atoms with Crippen LogP contribution in [0.1, 0.15) is 22.0 Å². The number of Topliss-reactive ketones (excluding diaryl/α,β-unsaturated/α-hetero) is 1. The number of carbonyl (C=O) groups is 1. The van der Waals surface area contributed by atoms with E-state index in [1.54, 1.807) is 18.0 Å². The molecule has 0 spiro atoms. The highest BCUT2D eigenvalue weighted by Crippen LogP contribution is 2.21. The Morgan fingerprint density at radius 1 is 1.04 bits per heavy atom. The van der Waals surface area contributed by atoms with Gasteiger partial charge in [-0.15, -0.1) is 0 Å². The van der Waals surface area contributed by atoms with Gasteiger partial charge in [0.15, 0.2) is 5.78 Å². The molecule has 4 nitrogen and oxygen atoms in total. The highest BCUT2D eigenvalue weighted by Gasteiger charge is 2.13. The first kappa shape index (κ1) is 21.1. The number of benzene rings is 2. The van der Waals surface area contributed by atoms with Crippen LogP contribution in [0.2, 0.25) is 0 Å². The van der Waals surface area contributed by atoms with E-state index in [0.29, 0.717) is 11.4 Å². The molecular formula is C21H25N3OS2. The van der Waals surface area contributed by atoms with Crippen LogP contribution in [0.5, 0.6) is 0 Å². The van der Waals surface area contributed by atoms with E-state index in [1.165, 1.54) is 5.56 Å². The minimum absolute atomic E-state index is 0.207. The van der Waals surface area contributed by atoms with Crippen molar-refractivity contribution in [1.29, 1.82) is 0 Å². The fraction of sp³-hybridized carbons (Fsp3) is 0.238. The number of nitrogens with two attached hydrogens (primary N) is 1. The maximum atomic E-state index is 11.2. The SMILES string of the molecule is CSCC(=O)c1ccccc1.CSCC(c1ccccc1)n1cc(N)cn1. The van der Waals surface area contributed by atoms with E-state index in [0.717, 1.165) is 11.3 Å². The average Bonchev–Trinajstić information content (AvgIpc) is 3.14. The molecule has 0 radical (unpaired) electrons. The standard InChI is InChI=1S/C12H15N3S.C9H10OS/c1-16-9-12(10-5-3-2-4-6-10)15-8-11(13)7-14-15;1-11-7-9(10)8-5-3-2-4-6-8/h2-8,12H,9,13H2,1H3;2-6H,7H2,1H3. The third kappa shape index (κ3) is 6.81. The number of carbonyl (C=O) groups excluding carboxylic acids is 1. The first-order chi connectivity index (χ1) is 13.2. The number of nitrogens with zero attached hydrogens (tertiary/aromatic N) is 2. The molecule has 1 unspecified atom stereocenters. The zero-order valence-electron chi connectivity index (χ0n) is 15.6. The largest absolute Gasteiger partial charge is 0.396 e. The second kappa shape index (κ2) is 11.5. The van der Waals surface area contributed by atoms with Gasteiger partial charge < -0.3 is 5.73 Å². The lowest BCUT2D eigenvalue weighted by Gasteiger charge is -2.16. The molecule has 0 aliphatic carbocycles. The summed E-state index contributed by atoms with van der Waals surface area (Å²) in [5.74, 6) is 1.77. The monoisotopic (exact) mass is 399 g/mol. The average molecular weight is 400 g/mol. The second-order valence-electron chi connectivity index (χ2n) is 5.86. The van der Waals surface area contributed by atoms with Crippen LogP contribution in [0.25, 0.3) is 0 Å². The van der Waals surface area contributed by atoms with Crippen LogP contribution >= 0.6 is 23.5 Å². The fourth-order valence-electron chi connectivity index (χ4n) is 2.52. The van der Waals surface area contributed by atoms with Gasteiger partial charge in [-0.05, 0) is 18.1 Å². The molecule has 0 aliphatic heterocycles. The predicted octanol–water partition coefficient (Wildman–Crippen LogP) is 4.65. The molecule has 142 valence electrons. The summed E-state index contributed by atoms with van der Waals surface area (Å²) in [6.45, 7) is 0. The summed E-state index contributed by atoms with van der Waals surface area (Å²) in [5.41, 5.74) is 8.48. The van der Waals surface area contributed by atoms with Gasteiger partial charge in [-0.25, -0.2) is 0 Å². The molecule has 1 atom stereocenters. The number of anilines is 1. The topological polar surface area (TPSA) is 60.9 Å². The summed E-state index contributed by atoms with van der Waals surface area (Å²) in [6.07, 6.45) is 7.60. The molecule has 2 aromatic carbocycles. The zero-order valence-corrected chi connectivity index (χ0v) is 17.2. The lowest BCUT2D eigenvalue weighted by molar-refractivity contribution is 0.102. The molecule has 0 aliphatic rings. The number of hydrogen-bond donors (Lipinski definition) is 1. The predicted molar refractivity (Wildman–Crippen MR) is 119 cm³/mol. The number of aromatic nitrogens is 2.